The molecule has 100 valence electrons. The normalized spacial score (nSPS) is 30.2. The summed E-state index contributed by atoms with van der Waals surface area (Å²) < 4.78 is 5.42. The van der Waals surface area contributed by atoms with E-state index in [0.29, 0.717) is 22.8 Å². The zero-order chi connectivity index (χ0) is 12.7. The second-order valence-electron chi connectivity index (χ2n) is 6.99. The molecular weight excluding hydrogens is 212 g/mol. The van der Waals surface area contributed by atoms with Crippen LogP contribution in [0.15, 0.2) is 0 Å². The van der Waals surface area contributed by atoms with Gasteiger partial charge in [0, 0.05) is 19.3 Å². The average Bonchev–Trinajstić information content (AvgIpc) is 2.68. The molecule has 0 aromatic heterocycles. The smallest absolute Gasteiger partial charge is 0.0468 e. The highest BCUT2D eigenvalue weighted by Gasteiger charge is 2.66. The van der Waals surface area contributed by atoms with Gasteiger partial charge in [-0.25, -0.2) is 0 Å². The maximum Gasteiger partial charge on any atom is 0.0468 e. The Labute approximate surface area is 105 Å². The predicted octanol–water partition coefficient (Wildman–Crippen LogP) is 2.32. The van der Waals surface area contributed by atoms with Crippen molar-refractivity contribution in [2.24, 2.45) is 28.5 Å². The van der Waals surface area contributed by atoms with Gasteiger partial charge >= 0.3 is 0 Å². The topological polar surface area (TPSA) is 47.3 Å². The molecule has 3 N–H and O–H groups in total. The van der Waals surface area contributed by atoms with E-state index in [1.807, 2.05) is 0 Å². The molecule has 2 fully saturated rings. The molecule has 0 radical (unpaired) electrons. The second kappa shape index (κ2) is 4.52. The van der Waals surface area contributed by atoms with Crippen LogP contribution in [-0.4, -0.2) is 19.3 Å². The summed E-state index contributed by atoms with van der Waals surface area (Å²) in [4.78, 5) is 0. The number of nitrogens with two attached hydrogens (primary N) is 1. The van der Waals surface area contributed by atoms with Crippen molar-refractivity contribution in [1.29, 1.82) is 0 Å². The molecule has 0 aromatic rings. The monoisotopic (exact) mass is 240 g/mol. The number of hydrazine groups is 1. The molecular formula is C14H28N2O. The van der Waals surface area contributed by atoms with Gasteiger partial charge in [0.1, 0.15) is 0 Å². The summed E-state index contributed by atoms with van der Waals surface area (Å²) in [6.07, 6.45) is 3.61. The van der Waals surface area contributed by atoms with Gasteiger partial charge in [-0.3, -0.25) is 11.3 Å². The lowest BCUT2D eigenvalue weighted by Crippen LogP contribution is -2.40. The molecule has 1 aliphatic heterocycles. The van der Waals surface area contributed by atoms with Crippen LogP contribution >= 0.6 is 0 Å². The lowest BCUT2D eigenvalue weighted by atomic mass is 9.89. The molecule has 0 aromatic carbocycles. The van der Waals surface area contributed by atoms with Crippen molar-refractivity contribution in [3.8, 4) is 0 Å². The summed E-state index contributed by atoms with van der Waals surface area (Å²) in [5.74, 6) is 7.28. The van der Waals surface area contributed by atoms with Crippen molar-refractivity contribution < 1.29 is 4.74 Å². The molecule has 0 bridgehead atoms. The van der Waals surface area contributed by atoms with Gasteiger partial charge in [-0.05, 0) is 41.9 Å². The van der Waals surface area contributed by atoms with Crippen LogP contribution in [0, 0.1) is 22.7 Å². The third kappa shape index (κ3) is 2.25. The van der Waals surface area contributed by atoms with Crippen LogP contribution in [0.3, 0.4) is 0 Å². The Morgan fingerprint density at radius 1 is 1.18 bits per heavy atom. The molecule has 1 atom stereocenters. The van der Waals surface area contributed by atoms with Gasteiger partial charge in [0.2, 0.25) is 0 Å². The highest BCUT2D eigenvalue weighted by Crippen LogP contribution is 2.70. The fraction of sp³-hybridized carbons (Fsp3) is 1.00. The Morgan fingerprint density at radius 3 is 2.12 bits per heavy atom. The van der Waals surface area contributed by atoms with Crippen LogP contribution in [-0.2, 0) is 4.74 Å². The first-order valence-electron chi connectivity index (χ1n) is 6.95. The van der Waals surface area contributed by atoms with Crippen molar-refractivity contribution in [3.05, 3.63) is 0 Å². The molecule has 1 saturated carbocycles. The van der Waals surface area contributed by atoms with Gasteiger partial charge in [-0.2, -0.15) is 0 Å². The summed E-state index contributed by atoms with van der Waals surface area (Å²) in [6.45, 7) is 11.3. The van der Waals surface area contributed by atoms with Crippen molar-refractivity contribution in [1.82, 2.24) is 5.43 Å². The molecule has 17 heavy (non-hydrogen) atoms. The van der Waals surface area contributed by atoms with Gasteiger partial charge in [0.05, 0.1) is 0 Å². The zero-order valence-corrected chi connectivity index (χ0v) is 11.8. The largest absolute Gasteiger partial charge is 0.381 e. The van der Waals surface area contributed by atoms with Gasteiger partial charge in [0.25, 0.3) is 0 Å². The minimum Gasteiger partial charge on any atom is -0.381 e. The Kier molecular flexibility index (Phi) is 3.54. The van der Waals surface area contributed by atoms with Crippen LogP contribution < -0.4 is 11.3 Å². The molecule has 1 heterocycles. The average molecular weight is 240 g/mol. The highest BCUT2D eigenvalue weighted by molar-refractivity contribution is 5.16. The molecule has 0 spiro atoms. The Morgan fingerprint density at radius 2 is 1.71 bits per heavy atom. The summed E-state index contributed by atoms with van der Waals surface area (Å²) >= 11 is 0. The maximum absolute atomic E-state index is 5.79. The number of nitrogens with one attached hydrogen (secondary N) is 1. The zero-order valence-electron chi connectivity index (χ0n) is 11.8. The van der Waals surface area contributed by atoms with E-state index >= 15 is 0 Å². The van der Waals surface area contributed by atoms with Crippen LogP contribution in [0.4, 0.5) is 0 Å². The molecule has 1 aliphatic carbocycles. The first-order valence-corrected chi connectivity index (χ1v) is 6.95. The minimum absolute atomic E-state index is 0.412. The van der Waals surface area contributed by atoms with Crippen molar-refractivity contribution in [2.75, 3.05) is 13.2 Å². The van der Waals surface area contributed by atoms with Crippen molar-refractivity contribution >= 4 is 0 Å². The fourth-order valence-corrected chi connectivity index (χ4v) is 3.89. The first-order chi connectivity index (χ1) is 7.91. The first kappa shape index (κ1) is 13.3. The van der Waals surface area contributed by atoms with E-state index in [-0.39, 0.29) is 0 Å². The van der Waals surface area contributed by atoms with Gasteiger partial charge in [-0.1, -0.05) is 27.7 Å². The number of hydrogen-bond donors (Lipinski definition) is 2. The van der Waals surface area contributed by atoms with E-state index in [2.05, 4.69) is 33.1 Å². The molecule has 3 nitrogen and oxygen atoms in total. The maximum atomic E-state index is 5.79. The third-order valence-electron chi connectivity index (χ3n) is 5.68. The summed E-state index contributed by atoms with van der Waals surface area (Å²) in [7, 11) is 0. The number of hydrogen-bond acceptors (Lipinski definition) is 3. The minimum atomic E-state index is 0.412. The summed E-state index contributed by atoms with van der Waals surface area (Å²) in [5, 5.41) is 0. The third-order valence-corrected chi connectivity index (χ3v) is 5.68. The number of ether oxygens (including phenoxy) is 1. The second-order valence-corrected chi connectivity index (χ2v) is 6.99. The van der Waals surface area contributed by atoms with Gasteiger partial charge in [0.15, 0.2) is 0 Å². The van der Waals surface area contributed by atoms with Crippen LogP contribution in [0.5, 0.6) is 0 Å². The predicted molar refractivity (Wildman–Crippen MR) is 70.3 cm³/mol. The van der Waals surface area contributed by atoms with E-state index in [4.69, 9.17) is 10.6 Å². The van der Waals surface area contributed by atoms with E-state index < -0.39 is 0 Å². The summed E-state index contributed by atoms with van der Waals surface area (Å²) in [6, 6.07) is 0.461. The lowest BCUT2D eigenvalue weighted by Gasteiger charge is -2.27. The SMILES string of the molecule is CC1(C)C(C(CC2CCOCC2)NN)C1(C)C. The standard InChI is InChI=1S/C14H28N2O/c1-13(2)12(14(13,3)4)11(16-15)9-10-5-7-17-8-6-10/h10-12,16H,5-9,15H2,1-4H3. The highest BCUT2D eigenvalue weighted by atomic mass is 16.5. The van der Waals surface area contributed by atoms with E-state index in [0.717, 1.165) is 19.1 Å². The lowest BCUT2D eigenvalue weighted by molar-refractivity contribution is 0.0588. The molecule has 2 rings (SSSR count). The molecule has 2 aliphatic rings. The quantitative estimate of drug-likeness (QED) is 0.585. The van der Waals surface area contributed by atoms with Gasteiger partial charge < -0.3 is 4.74 Å². The Bertz CT molecular complexity index is 255. The molecule has 0 amide bonds. The van der Waals surface area contributed by atoms with E-state index in [9.17, 15) is 0 Å². The van der Waals surface area contributed by atoms with E-state index in [1.54, 1.807) is 0 Å². The van der Waals surface area contributed by atoms with Crippen molar-refractivity contribution in [2.45, 2.75) is 53.0 Å². The van der Waals surface area contributed by atoms with E-state index in [1.165, 1.54) is 19.3 Å². The Balaban J connectivity index is 1.94. The molecule has 3 heteroatoms. The van der Waals surface area contributed by atoms with Crippen molar-refractivity contribution in [3.63, 3.8) is 0 Å². The molecule has 1 saturated heterocycles. The summed E-state index contributed by atoms with van der Waals surface area (Å²) in [5.41, 5.74) is 3.91. The fourth-order valence-electron chi connectivity index (χ4n) is 3.89. The number of rotatable bonds is 4. The van der Waals surface area contributed by atoms with Crippen LogP contribution in [0.25, 0.3) is 0 Å². The Hall–Kier alpha value is -0.120. The van der Waals surface area contributed by atoms with Crippen LogP contribution in [0.2, 0.25) is 0 Å². The van der Waals surface area contributed by atoms with Gasteiger partial charge in [-0.15, -0.1) is 0 Å². The molecule has 1 unspecified atom stereocenters. The van der Waals surface area contributed by atoms with Crippen LogP contribution in [0.1, 0.15) is 47.0 Å².